The minimum atomic E-state index is -3.66. The van der Waals surface area contributed by atoms with Crippen molar-refractivity contribution in [2.75, 3.05) is 0 Å². The summed E-state index contributed by atoms with van der Waals surface area (Å²) in [5.74, 6) is -1.28. The highest BCUT2D eigenvalue weighted by atomic mass is 79.9. The quantitative estimate of drug-likeness (QED) is 0.792. The molecular weight excluding hydrogens is 397 g/mol. The predicted octanol–water partition coefficient (Wildman–Crippen LogP) is 3.26. The number of primary sulfonamides is 1. The van der Waals surface area contributed by atoms with Gasteiger partial charge in [0, 0.05) is 15.6 Å². The molecule has 0 radical (unpaired) electrons. The molecule has 0 fully saturated rings. The molecule has 2 N–H and O–H groups in total. The molecule has 0 aliphatic carbocycles. The van der Waals surface area contributed by atoms with Crippen molar-refractivity contribution in [1.82, 2.24) is 0 Å². The first-order chi connectivity index (χ1) is 10.2. The SMILES string of the molecule is NS(=O)(=O)Cc1ccc(C(=O)c2ccc(F)cc2Cl)c(Br)c1. The fourth-order valence-corrected chi connectivity index (χ4v) is 3.39. The lowest BCUT2D eigenvalue weighted by molar-refractivity contribution is 0.103. The molecule has 0 aliphatic rings. The Balaban J connectivity index is 2.38. The highest BCUT2D eigenvalue weighted by Gasteiger charge is 2.17. The molecule has 0 heterocycles. The number of sulfonamides is 1. The van der Waals surface area contributed by atoms with Crippen LogP contribution in [0.5, 0.6) is 0 Å². The van der Waals surface area contributed by atoms with Crippen LogP contribution in [0.3, 0.4) is 0 Å². The van der Waals surface area contributed by atoms with Crippen LogP contribution in [0.2, 0.25) is 5.02 Å². The Morgan fingerprint density at radius 1 is 1.18 bits per heavy atom. The van der Waals surface area contributed by atoms with Crippen molar-refractivity contribution in [3.05, 3.63) is 68.4 Å². The summed E-state index contributed by atoms with van der Waals surface area (Å²) in [5, 5.41) is 4.98. The average Bonchev–Trinajstić information content (AvgIpc) is 2.36. The fraction of sp³-hybridized carbons (Fsp3) is 0.0714. The molecule has 0 atom stereocenters. The molecule has 8 heteroatoms. The summed E-state index contributed by atoms with van der Waals surface area (Å²) in [6, 6.07) is 7.94. The van der Waals surface area contributed by atoms with Gasteiger partial charge in [-0.05, 0) is 35.9 Å². The van der Waals surface area contributed by atoms with Crippen molar-refractivity contribution in [3.63, 3.8) is 0 Å². The maximum absolute atomic E-state index is 13.0. The van der Waals surface area contributed by atoms with Gasteiger partial charge in [-0.15, -0.1) is 0 Å². The van der Waals surface area contributed by atoms with E-state index >= 15 is 0 Å². The number of nitrogens with two attached hydrogens (primary N) is 1. The van der Waals surface area contributed by atoms with Crippen LogP contribution in [0.25, 0.3) is 0 Å². The fourth-order valence-electron chi connectivity index (χ4n) is 1.88. The smallest absolute Gasteiger partial charge is 0.213 e. The van der Waals surface area contributed by atoms with E-state index in [9.17, 15) is 17.6 Å². The number of ketones is 1. The van der Waals surface area contributed by atoms with E-state index in [1.165, 1.54) is 24.3 Å². The lowest BCUT2D eigenvalue weighted by Crippen LogP contribution is -2.14. The Labute approximate surface area is 140 Å². The van der Waals surface area contributed by atoms with Gasteiger partial charge in [0.15, 0.2) is 5.78 Å². The molecule has 0 saturated carbocycles. The number of rotatable bonds is 4. The van der Waals surface area contributed by atoms with E-state index in [1.54, 1.807) is 0 Å². The summed E-state index contributed by atoms with van der Waals surface area (Å²) in [4.78, 5) is 12.4. The van der Waals surface area contributed by atoms with Crippen molar-refractivity contribution < 1.29 is 17.6 Å². The standard InChI is InChI=1S/C14H10BrClFNO3S/c15-12-5-8(7-22(18,20)21)1-3-10(12)14(19)11-4-2-9(17)6-13(11)16/h1-6H,7H2,(H2,18,20,21). The highest BCUT2D eigenvalue weighted by Crippen LogP contribution is 2.26. The Kier molecular flexibility index (Phi) is 5.01. The molecule has 0 unspecified atom stereocenters. The van der Waals surface area contributed by atoms with Crippen LogP contribution in [0.4, 0.5) is 4.39 Å². The van der Waals surface area contributed by atoms with Crippen LogP contribution < -0.4 is 5.14 Å². The van der Waals surface area contributed by atoms with Crippen LogP contribution in [0.15, 0.2) is 40.9 Å². The summed E-state index contributed by atoms with van der Waals surface area (Å²) >= 11 is 9.09. The molecule has 4 nitrogen and oxygen atoms in total. The topological polar surface area (TPSA) is 77.2 Å². The van der Waals surface area contributed by atoms with Crippen molar-refractivity contribution in [2.24, 2.45) is 5.14 Å². The molecule has 22 heavy (non-hydrogen) atoms. The Morgan fingerprint density at radius 2 is 1.82 bits per heavy atom. The summed E-state index contributed by atoms with van der Waals surface area (Å²) in [6.45, 7) is 0. The first kappa shape index (κ1) is 17.1. The number of hydrogen-bond donors (Lipinski definition) is 1. The molecule has 2 aromatic rings. The second kappa shape index (κ2) is 6.45. The van der Waals surface area contributed by atoms with Gasteiger partial charge in [0.25, 0.3) is 0 Å². The number of benzene rings is 2. The Hall–Kier alpha value is -1.28. The minimum absolute atomic E-state index is 0.00510. The number of halogens is 3. The average molecular weight is 407 g/mol. The minimum Gasteiger partial charge on any atom is -0.289 e. The van der Waals surface area contributed by atoms with E-state index < -0.39 is 21.6 Å². The van der Waals surface area contributed by atoms with Gasteiger partial charge in [0.2, 0.25) is 10.0 Å². The summed E-state index contributed by atoms with van der Waals surface area (Å²) in [5.41, 5.74) is 0.880. The molecule has 2 rings (SSSR count). The second-order valence-corrected chi connectivity index (χ2v) is 7.45. The largest absolute Gasteiger partial charge is 0.289 e. The van der Waals surface area contributed by atoms with Gasteiger partial charge in [-0.3, -0.25) is 4.79 Å². The second-order valence-electron chi connectivity index (χ2n) is 4.57. The third-order valence-corrected chi connectivity index (χ3v) is 4.53. The number of hydrogen-bond acceptors (Lipinski definition) is 3. The van der Waals surface area contributed by atoms with Crippen LogP contribution in [0.1, 0.15) is 21.5 Å². The van der Waals surface area contributed by atoms with Gasteiger partial charge in [0.1, 0.15) is 5.82 Å². The lowest BCUT2D eigenvalue weighted by Gasteiger charge is -2.08. The van der Waals surface area contributed by atoms with Gasteiger partial charge in [-0.25, -0.2) is 17.9 Å². The summed E-state index contributed by atoms with van der Waals surface area (Å²) in [6.07, 6.45) is 0. The number of carbonyl (C=O) groups is 1. The van der Waals surface area contributed by atoms with E-state index in [1.807, 2.05) is 0 Å². The van der Waals surface area contributed by atoms with Gasteiger partial charge >= 0.3 is 0 Å². The molecule has 0 aromatic heterocycles. The van der Waals surface area contributed by atoms with Crippen molar-refractivity contribution in [1.29, 1.82) is 0 Å². The zero-order valence-corrected chi connectivity index (χ0v) is 14.2. The molecule has 0 aliphatic heterocycles. The zero-order valence-electron chi connectivity index (χ0n) is 11.0. The monoisotopic (exact) mass is 405 g/mol. The van der Waals surface area contributed by atoms with Crippen LogP contribution in [0, 0.1) is 5.82 Å². The van der Waals surface area contributed by atoms with Crippen molar-refractivity contribution >= 4 is 43.3 Å². The molecule has 0 bridgehead atoms. The van der Waals surface area contributed by atoms with Crippen LogP contribution in [-0.4, -0.2) is 14.2 Å². The van der Waals surface area contributed by atoms with Crippen LogP contribution >= 0.6 is 27.5 Å². The third kappa shape index (κ3) is 4.13. The first-order valence-corrected chi connectivity index (χ1v) is 8.84. The molecule has 0 amide bonds. The van der Waals surface area contributed by atoms with E-state index in [-0.39, 0.29) is 21.9 Å². The van der Waals surface area contributed by atoms with Gasteiger partial charge < -0.3 is 0 Å². The van der Waals surface area contributed by atoms with Gasteiger partial charge in [-0.2, -0.15) is 0 Å². The van der Waals surface area contributed by atoms with Crippen molar-refractivity contribution in [2.45, 2.75) is 5.75 Å². The summed E-state index contributed by atoms with van der Waals surface area (Å²) in [7, 11) is -3.66. The zero-order chi connectivity index (χ0) is 16.5. The Morgan fingerprint density at radius 3 is 2.36 bits per heavy atom. The third-order valence-electron chi connectivity index (χ3n) is 2.82. The van der Waals surface area contributed by atoms with Gasteiger partial charge in [-0.1, -0.05) is 33.6 Å². The van der Waals surface area contributed by atoms with E-state index in [4.69, 9.17) is 16.7 Å². The molecule has 0 saturated heterocycles. The first-order valence-electron chi connectivity index (χ1n) is 5.96. The lowest BCUT2D eigenvalue weighted by atomic mass is 10.0. The normalized spacial score (nSPS) is 11.5. The van der Waals surface area contributed by atoms with Crippen molar-refractivity contribution in [3.8, 4) is 0 Å². The predicted molar refractivity (Wildman–Crippen MR) is 85.8 cm³/mol. The van der Waals surface area contributed by atoms with E-state index in [0.29, 0.717) is 10.0 Å². The molecular formula is C14H10BrClFNO3S. The molecule has 116 valence electrons. The Bertz CT molecular complexity index is 855. The van der Waals surface area contributed by atoms with Gasteiger partial charge in [0.05, 0.1) is 10.8 Å². The molecule has 0 spiro atoms. The maximum atomic E-state index is 13.0. The summed E-state index contributed by atoms with van der Waals surface area (Å²) < 4.78 is 35.6. The number of carbonyl (C=O) groups excluding carboxylic acids is 1. The molecule has 2 aromatic carbocycles. The van der Waals surface area contributed by atoms with E-state index in [0.717, 1.165) is 12.1 Å². The maximum Gasteiger partial charge on any atom is 0.213 e. The highest BCUT2D eigenvalue weighted by molar-refractivity contribution is 9.10. The van der Waals surface area contributed by atoms with Crippen LogP contribution in [-0.2, 0) is 15.8 Å². The van der Waals surface area contributed by atoms with E-state index in [2.05, 4.69) is 15.9 Å².